The van der Waals surface area contributed by atoms with Gasteiger partial charge in [-0.25, -0.2) is 4.40 Å². The van der Waals surface area contributed by atoms with Crippen molar-refractivity contribution in [3.63, 3.8) is 0 Å². The number of hydrogen-bond acceptors (Lipinski definition) is 4. The molecule has 14 heavy (non-hydrogen) atoms. The first-order chi connectivity index (χ1) is 6.68. The largest absolute Gasteiger partial charge is 0.480 e. The van der Waals surface area contributed by atoms with E-state index >= 15 is 0 Å². The predicted octanol–water partition coefficient (Wildman–Crippen LogP) is 0.464. The molecule has 0 spiro atoms. The molecular weight excluding hydrogens is 202 g/mol. The highest BCUT2D eigenvalue weighted by Gasteiger charge is 2.09. The van der Waals surface area contributed by atoms with Crippen LogP contribution in [-0.2, 0) is 4.79 Å². The summed E-state index contributed by atoms with van der Waals surface area (Å²) in [5, 5.41) is 11.4. The van der Waals surface area contributed by atoms with E-state index in [-0.39, 0.29) is 0 Å². The molecule has 4 N–H and O–H groups in total. The number of hydrogen-bond donors (Lipinski definition) is 3. The van der Waals surface area contributed by atoms with E-state index < -0.39 is 12.0 Å². The third kappa shape index (κ3) is 7.88. The minimum atomic E-state index is -0.944. The summed E-state index contributed by atoms with van der Waals surface area (Å²) in [5.41, 5.74) is 5.31. The molecule has 0 unspecified atom stereocenters. The summed E-state index contributed by atoms with van der Waals surface area (Å²) >= 11 is 1.47. The Morgan fingerprint density at radius 1 is 1.79 bits per heavy atom. The fourth-order valence-corrected chi connectivity index (χ4v) is 1.06. The van der Waals surface area contributed by atoms with Gasteiger partial charge in [-0.05, 0) is 24.8 Å². The van der Waals surface area contributed by atoms with Gasteiger partial charge in [0.1, 0.15) is 6.04 Å². The fourth-order valence-electron chi connectivity index (χ4n) is 0.761. The molecule has 0 radical (unpaired) electrons. The van der Waals surface area contributed by atoms with Gasteiger partial charge in [-0.1, -0.05) is 6.92 Å². The highest BCUT2D eigenvalue weighted by molar-refractivity contribution is 7.98. The summed E-state index contributed by atoms with van der Waals surface area (Å²) < 4.78 is 3.97. The number of carboxylic acids is 1. The summed E-state index contributed by atoms with van der Waals surface area (Å²) in [4.78, 5) is 10.3. The van der Waals surface area contributed by atoms with Crippen LogP contribution in [0.3, 0.4) is 0 Å². The SMILES string of the molecule is CCSN=CNCCC[C@@H](N)C(=O)O. The molecule has 5 nitrogen and oxygen atoms in total. The predicted molar refractivity (Wildman–Crippen MR) is 59.5 cm³/mol. The van der Waals surface area contributed by atoms with Gasteiger partial charge in [0.2, 0.25) is 0 Å². The second-order valence-electron chi connectivity index (χ2n) is 2.69. The molecule has 0 aromatic carbocycles. The van der Waals surface area contributed by atoms with Crippen molar-refractivity contribution in [3.8, 4) is 0 Å². The average Bonchev–Trinajstić information content (AvgIpc) is 2.16. The molecule has 0 aliphatic rings. The lowest BCUT2D eigenvalue weighted by molar-refractivity contribution is -0.138. The van der Waals surface area contributed by atoms with Gasteiger partial charge in [-0.2, -0.15) is 0 Å². The van der Waals surface area contributed by atoms with Gasteiger partial charge in [-0.15, -0.1) is 0 Å². The molecule has 0 aromatic rings. The lowest BCUT2D eigenvalue weighted by Gasteiger charge is -2.04. The van der Waals surface area contributed by atoms with E-state index in [4.69, 9.17) is 10.8 Å². The molecule has 0 aliphatic carbocycles. The smallest absolute Gasteiger partial charge is 0.320 e. The maximum Gasteiger partial charge on any atom is 0.320 e. The zero-order valence-corrected chi connectivity index (χ0v) is 9.09. The zero-order chi connectivity index (χ0) is 10.8. The van der Waals surface area contributed by atoms with Crippen molar-refractivity contribution in [1.29, 1.82) is 0 Å². The number of nitrogens with one attached hydrogen (secondary N) is 1. The van der Waals surface area contributed by atoms with Gasteiger partial charge in [0, 0.05) is 12.3 Å². The number of carbonyl (C=O) groups is 1. The van der Waals surface area contributed by atoms with Gasteiger partial charge in [-0.3, -0.25) is 4.79 Å². The van der Waals surface area contributed by atoms with Crippen LogP contribution < -0.4 is 11.1 Å². The standard InChI is InChI=1S/C8H17N3O2S/c1-2-14-11-6-10-5-3-4-7(9)8(12)13/h6-7H,2-5,9H2,1H3,(H,10,11)(H,12,13)/t7-/m1/s1. The van der Waals surface area contributed by atoms with Crippen molar-refractivity contribution in [2.45, 2.75) is 25.8 Å². The Balaban J connectivity index is 3.25. The fraction of sp³-hybridized carbons (Fsp3) is 0.750. The molecule has 0 aromatic heterocycles. The van der Waals surface area contributed by atoms with E-state index in [2.05, 4.69) is 9.71 Å². The van der Waals surface area contributed by atoms with Crippen LogP contribution in [-0.4, -0.2) is 35.8 Å². The van der Waals surface area contributed by atoms with Crippen LogP contribution in [0.5, 0.6) is 0 Å². The minimum Gasteiger partial charge on any atom is -0.480 e. The molecule has 82 valence electrons. The summed E-state index contributed by atoms with van der Waals surface area (Å²) in [6.07, 6.45) is 2.84. The van der Waals surface area contributed by atoms with E-state index in [9.17, 15) is 4.79 Å². The maximum atomic E-state index is 10.3. The zero-order valence-electron chi connectivity index (χ0n) is 8.27. The van der Waals surface area contributed by atoms with E-state index in [1.54, 1.807) is 6.34 Å². The lowest BCUT2D eigenvalue weighted by atomic mass is 10.2. The minimum absolute atomic E-state index is 0.483. The molecule has 0 amide bonds. The van der Waals surface area contributed by atoms with E-state index in [0.29, 0.717) is 13.0 Å². The maximum absolute atomic E-state index is 10.3. The third-order valence-corrected chi connectivity index (χ3v) is 2.01. The Bertz CT molecular complexity index is 187. The van der Waals surface area contributed by atoms with Crippen molar-refractivity contribution in [3.05, 3.63) is 0 Å². The Labute approximate surface area is 88.3 Å². The molecule has 0 heterocycles. The number of carboxylic acid groups (broad SMARTS) is 1. The van der Waals surface area contributed by atoms with Crippen LogP contribution in [0.4, 0.5) is 0 Å². The van der Waals surface area contributed by atoms with Crippen LogP contribution in [0, 0.1) is 0 Å². The molecule has 6 heteroatoms. The van der Waals surface area contributed by atoms with Crippen LogP contribution in [0.2, 0.25) is 0 Å². The highest BCUT2D eigenvalue weighted by atomic mass is 32.2. The average molecular weight is 219 g/mol. The Kier molecular flexibility index (Phi) is 8.36. The van der Waals surface area contributed by atoms with Crippen LogP contribution in [0.1, 0.15) is 19.8 Å². The third-order valence-electron chi connectivity index (χ3n) is 1.50. The van der Waals surface area contributed by atoms with Gasteiger partial charge in [0.15, 0.2) is 0 Å². The summed E-state index contributed by atoms with van der Waals surface area (Å²) in [7, 11) is 0. The molecule has 0 rings (SSSR count). The Morgan fingerprint density at radius 2 is 2.50 bits per heavy atom. The molecule has 0 fully saturated rings. The van der Waals surface area contributed by atoms with Gasteiger partial charge in [0.05, 0.1) is 6.34 Å². The van der Waals surface area contributed by atoms with E-state index in [1.807, 2.05) is 6.92 Å². The van der Waals surface area contributed by atoms with Crippen molar-refractivity contribution < 1.29 is 9.90 Å². The first-order valence-corrected chi connectivity index (χ1v) is 5.48. The van der Waals surface area contributed by atoms with E-state index in [0.717, 1.165) is 12.2 Å². The first-order valence-electron chi connectivity index (χ1n) is 4.54. The number of rotatable bonds is 8. The van der Waals surface area contributed by atoms with Crippen LogP contribution >= 0.6 is 11.9 Å². The van der Waals surface area contributed by atoms with Gasteiger partial charge < -0.3 is 16.2 Å². The number of aliphatic carboxylic acids is 1. The summed E-state index contributed by atoms with van der Waals surface area (Å²) in [6.45, 7) is 2.72. The second kappa shape index (κ2) is 8.83. The van der Waals surface area contributed by atoms with Gasteiger partial charge >= 0.3 is 5.97 Å². The van der Waals surface area contributed by atoms with Gasteiger partial charge in [0.25, 0.3) is 0 Å². The summed E-state index contributed by atoms with van der Waals surface area (Å²) in [5.74, 6) is 0.00224. The van der Waals surface area contributed by atoms with Crippen molar-refractivity contribution >= 4 is 24.3 Å². The summed E-state index contributed by atoms with van der Waals surface area (Å²) in [6, 6.07) is -0.751. The molecule has 1 atom stereocenters. The molecular formula is C8H17N3O2S. The normalized spacial score (nSPS) is 13.0. The number of nitrogens with two attached hydrogens (primary N) is 1. The topological polar surface area (TPSA) is 87.7 Å². The van der Waals surface area contributed by atoms with Crippen molar-refractivity contribution in [2.75, 3.05) is 12.3 Å². The molecule has 0 bridgehead atoms. The van der Waals surface area contributed by atoms with Crippen molar-refractivity contribution in [2.24, 2.45) is 10.1 Å². The quantitative estimate of drug-likeness (QED) is 0.239. The molecule has 0 saturated heterocycles. The lowest BCUT2D eigenvalue weighted by Crippen LogP contribution is -2.30. The first kappa shape index (κ1) is 13.2. The Hall–Kier alpha value is -0.750. The molecule has 0 saturated carbocycles. The number of nitrogens with zero attached hydrogens (tertiary/aromatic N) is 1. The highest BCUT2D eigenvalue weighted by Crippen LogP contribution is 1.96. The van der Waals surface area contributed by atoms with Crippen molar-refractivity contribution in [1.82, 2.24) is 5.32 Å². The Morgan fingerprint density at radius 3 is 3.07 bits per heavy atom. The van der Waals surface area contributed by atoms with Crippen LogP contribution in [0.15, 0.2) is 4.40 Å². The monoisotopic (exact) mass is 219 g/mol. The second-order valence-corrected chi connectivity index (χ2v) is 3.74. The molecule has 0 aliphatic heterocycles. The van der Waals surface area contributed by atoms with E-state index in [1.165, 1.54) is 11.9 Å². The van der Waals surface area contributed by atoms with Crippen LogP contribution in [0.25, 0.3) is 0 Å².